The van der Waals surface area contributed by atoms with E-state index in [1.54, 1.807) is 11.2 Å². The molecule has 0 radical (unpaired) electrons. The summed E-state index contributed by atoms with van der Waals surface area (Å²) in [5, 5.41) is 4.42. The lowest BCUT2D eigenvalue weighted by Gasteiger charge is -2.31. The van der Waals surface area contributed by atoms with E-state index >= 15 is 0 Å². The number of nitrogens with zero attached hydrogens (tertiary/aromatic N) is 1. The summed E-state index contributed by atoms with van der Waals surface area (Å²) in [5.41, 5.74) is 11.2. The van der Waals surface area contributed by atoms with Gasteiger partial charge in [-0.1, -0.05) is 32.0 Å². The van der Waals surface area contributed by atoms with E-state index in [1.165, 1.54) is 5.56 Å². The number of piperidine rings is 1. The summed E-state index contributed by atoms with van der Waals surface area (Å²) >= 11 is 0. The predicted molar refractivity (Wildman–Crippen MR) is 137 cm³/mol. The molecule has 1 saturated heterocycles. The zero-order valence-corrected chi connectivity index (χ0v) is 20.9. The first-order chi connectivity index (χ1) is 16.2. The second kappa shape index (κ2) is 9.90. The van der Waals surface area contributed by atoms with Gasteiger partial charge in [-0.05, 0) is 66.1 Å². The predicted octanol–water partition coefficient (Wildman–Crippen LogP) is 3.96. The van der Waals surface area contributed by atoms with Crippen molar-refractivity contribution in [2.75, 3.05) is 18.8 Å². The fraction of sp³-hybridized carbons (Fsp3) is 0.423. The summed E-state index contributed by atoms with van der Waals surface area (Å²) in [4.78, 5) is 15.6. The molecule has 1 amide bonds. The average Bonchev–Trinajstić information content (AvgIpc) is 3.26. The molecule has 2 heterocycles. The second-order valence-electron chi connectivity index (χ2n) is 9.36. The molecule has 0 saturated carbocycles. The van der Waals surface area contributed by atoms with Gasteiger partial charge in [0.15, 0.2) is 0 Å². The number of hydrogen-bond acceptors (Lipinski definition) is 4. The van der Waals surface area contributed by atoms with E-state index in [1.807, 2.05) is 24.4 Å². The molecule has 3 aromatic rings. The molecule has 4 rings (SSSR count). The third kappa shape index (κ3) is 5.04. The molecular formula is C26H34N4O3S. The van der Waals surface area contributed by atoms with Crippen LogP contribution in [0, 0.1) is 0 Å². The van der Waals surface area contributed by atoms with Crippen molar-refractivity contribution >= 4 is 26.8 Å². The highest BCUT2D eigenvalue weighted by molar-refractivity contribution is 7.89. The summed E-state index contributed by atoms with van der Waals surface area (Å²) < 4.78 is 26.1. The van der Waals surface area contributed by atoms with Crippen molar-refractivity contribution in [3.05, 3.63) is 59.3 Å². The highest BCUT2D eigenvalue weighted by Crippen LogP contribution is 2.37. The molecule has 34 heavy (non-hydrogen) atoms. The number of H-pyrrole nitrogens is 1. The van der Waals surface area contributed by atoms with Crippen LogP contribution in [0.3, 0.4) is 0 Å². The minimum atomic E-state index is -3.17. The van der Waals surface area contributed by atoms with Crippen LogP contribution < -0.4 is 11.1 Å². The molecule has 7 nitrogen and oxygen atoms in total. The number of hydrogen-bond donors (Lipinski definition) is 3. The Labute approximate surface area is 201 Å². The third-order valence-electron chi connectivity index (χ3n) is 6.71. The SMILES string of the molecule is CCS(=O)(=O)N1CCC(c2c[nH]c3c(C(N)=O)cc(-c4cccc(CNC(C)C)c4)cc23)CC1. The van der Waals surface area contributed by atoms with Crippen molar-refractivity contribution in [3.63, 3.8) is 0 Å². The fourth-order valence-electron chi connectivity index (χ4n) is 4.76. The normalized spacial score (nSPS) is 15.9. The Morgan fingerprint density at radius 3 is 2.56 bits per heavy atom. The standard InChI is InChI=1S/C26H34N4O3S/c1-4-34(32,33)30-10-8-19(9-11-30)24-16-29-25-22(24)13-21(14-23(25)26(27)31)20-7-5-6-18(12-20)15-28-17(2)3/h5-7,12-14,16-17,19,28-29H,4,8-11,15H2,1-3H3,(H2,27,31). The van der Waals surface area contributed by atoms with Gasteiger partial charge in [-0.2, -0.15) is 0 Å². The van der Waals surface area contributed by atoms with Crippen LogP contribution in [0.1, 0.15) is 61.0 Å². The lowest BCUT2D eigenvalue weighted by Crippen LogP contribution is -2.38. The Kier molecular flexibility index (Phi) is 7.12. The van der Waals surface area contributed by atoms with Crippen LogP contribution >= 0.6 is 0 Å². The number of amides is 1. The maximum absolute atomic E-state index is 12.3. The molecule has 0 spiro atoms. The highest BCUT2D eigenvalue weighted by Gasteiger charge is 2.29. The van der Waals surface area contributed by atoms with Gasteiger partial charge in [0.1, 0.15) is 0 Å². The molecule has 0 unspecified atom stereocenters. The maximum Gasteiger partial charge on any atom is 0.250 e. The number of aromatic nitrogens is 1. The summed E-state index contributed by atoms with van der Waals surface area (Å²) in [6, 6.07) is 12.7. The molecule has 0 atom stereocenters. The van der Waals surface area contributed by atoms with Gasteiger partial charge in [-0.25, -0.2) is 12.7 Å². The van der Waals surface area contributed by atoms with Gasteiger partial charge in [-0.15, -0.1) is 0 Å². The Hall–Kier alpha value is -2.68. The van der Waals surface area contributed by atoms with Gasteiger partial charge in [0.25, 0.3) is 5.91 Å². The van der Waals surface area contributed by atoms with Gasteiger partial charge >= 0.3 is 0 Å². The Balaban J connectivity index is 1.70. The minimum absolute atomic E-state index is 0.127. The van der Waals surface area contributed by atoms with Crippen molar-refractivity contribution < 1.29 is 13.2 Å². The van der Waals surface area contributed by atoms with E-state index in [-0.39, 0.29) is 11.7 Å². The number of sulfonamides is 1. The topological polar surface area (TPSA) is 108 Å². The molecule has 0 aliphatic carbocycles. The smallest absolute Gasteiger partial charge is 0.250 e. The zero-order chi connectivity index (χ0) is 24.5. The van der Waals surface area contributed by atoms with E-state index in [0.29, 0.717) is 24.7 Å². The first-order valence-corrected chi connectivity index (χ1v) is 13.6. The summed E-state index contributed by atoms with van der Waals surface area (Å²) in [6.07, 6.45) is 3.45. The summed E-state index contributed by atoms with van der Waals surface area (Å²) in [6.45, 7) is 7.72. The lowest BCUT2D eigenvalue weighted by atomic mass is 9.88. The number of aromatic amines is 1. The second-order valence-corrected chi connectivity index (χ2v) is 11.6. The summed E-state index contributed by atoms with van der Waals surface area (Å²) in [7, 11) is -3.17. The van der Waals surface area contributed by atoms with Crippen LogP contribution in [0.5, 0.6) is 0 Å². The van der Waals surface area contributed by atoms with Crippen molar-refractivity contribution in [3.8, 4) is 11.1 Å². The van der Waals surface area contributed by atoms with Crippen molar-refractivity contribution in [1.82, 2.24) is 14.6 Å². The van der Waals surface area contributed by atoms with Crippen LogP contribution in [0.15, 0.2) is 42.6 Å². The molecular weight excluding hydrogens is 448 g/mol. The molecule has 2 aromatic carbocycles. The molecule has 182 valence electrons. The number of benzene rings is 2. The third-order valence-corrected chi connectivity index (χ3v) is 8.60. The molecule has 8 heteroatoms. The van der Waals surface area contributed by atoms with Crippen molar-refractivity contribution in [1.29, 1.82) is 0 Å². The van der Waals surface area contributed by atoms with Gasteiger partial charge in [0.2, 0.25) is 10.0 Å². The van der Waals surface area contributed by atoms with E-state index in [2.05, 4.69) is 42.3 Å². The van der Waals surface area contributed by atoms with Crippen molar-refractivity contribution in [2.24, 2.45) is 5.73 Å². The molecule has 1 fully saturated rings. The van der Waals surface area contributed by atoms with E-state index in [4.69, 9.17) is 5.73 Å². The summed E-state index contributed by atoms with van der Waals surface area (Å²) in [5.74, 6) is -0.127. The van der Waals surface area contributed by atoms with Crippen LogP contribution in [0.25, 0.3) is 22.0 Å². The van der Waals surface area contributed by atoms with Crippen LogP contribution in [0.4, 0.5) is 0 Å². The monoisotopic (exact) mass is 482 g/mol. The van der Waals surface area contributed by atoms with E-state index in [9.17, 15) is 13.2 Å². The molecule has 4 N–H and O–H groups in total. The average molecular weight is 483 g/mol. The number of primary amides is 1. The fourth-order valence-corrected chi connectivity index (χ4v) is 5.89. The van der Waals surface area contributed by atoms with Gasteiger partial charge in [0.05, 0.1) is 16.8 Å². The largest absolute Gasteiger partial charge is 0.366 e. The first kappa shape index (κ1) is 24.4. The zero-order valence-electron chi connectivity index (χ0n) is 20.1. The first-order valence-electron chi connectivity index (χ1n) is 11.9. The minimum Gasteiger partial charge on any atom is -0.366 e. The Morgan fingerprint density at radius 2 is 1.91 bits per heavy atom. The lowest BCUT2D eigenvalue weighted by molar-refractivity contribution is 0.100. The van der Waals surface area contributed by atoms with Gasteiger partial charge in [0, 0.05) is 37.3 Å². The number of nitrogens with one attached hydrogen (secondary N) is 2. The maximum atomic E-state index is 12.3. The molecule has 0 bridgehead atoms. The van der Waals surface area contributed by atoms with Crippen LogP contribution in [-0.4, -0.2) is 48.5 Å². The van der Waals surface area contributed by atoms with Gasteiger partial charge in [-0.3, -0.25) is 4.79 Å². The number of carbonyl (C=O) groups excluding carboxylic acids is 1. The Bertz CT molecular complexity index is 1290. The van der Waals surface area contributed by atoms with Crippen LogP contribution in [-0.2, 0) is 16.6 Å². The van der Waals surface area contributed by atoms with Crippen molar-refractivity contribution in [2.45, 2.75) is 52.1 Å². The molecule has 1 aliphatic rings. The number of rotatable bonds is 8. The van der Waals surface area contributed by atoms with Gasteiger partial charge < -0.3 is 16.0 Å². The van der Waals surface area contributed by atoms with Crippen LogP contribution in [0.2, 0.25) is 0 Å². The Morgan fingerprint density at radius 1 is 1.18 bits per heavy atom. The highest BCUT2D eigenvalue weighted by atomic mass is 32.2. The number of nitrogens with two attached hydrogens (primary N) is 1. The quantitative estimate of drug-likeness (QED) is 0.451. The number of carbonyl (C=O) groups is 1. The number of fused-ring (bicyclic) bond motifs is 1. The van der Waals surface area contributed by atoms with E-state index in [0.717, 1.165) is 47.0 Å². The molecule has 1 aromatic heterocycles. The molecule has 1 aliphatic heterocycles. The van der Waals surface area contributed by atoms with E-state index < -0.39 is 15.9 Å².